The van der Waals surface area contributed by atoms with Gasteiger partial charge in [-0.15, -0.1) is 6.58 Å². The summed E-state index contributed by atoms with van der Waals surface area (Å²) in [4.78, 5) is 0. The quantitative estimate of drug-likeness (QED) is 0.392. The van der Waals surface area contributed by atoms with Crippen LogP contribution in [0.25, 0.3) is 0 Å². The van der Waals surface area contributed by atoms with Gasteiger partial charge in [-0.25, -0.2) is 0 Å². The van der Waals surface area contributed by atoms with Gasteiger partial charge in [-0.3, -0.25) is 0 Å². The lowest BCUT2D eigenvalue weighted by atomic mass is 10.0. The van der Waals surface area contributed by atoms with Gasteiger partial charge in [0.1, 0.15) is 0 Å². The first-order valence-electron chi connectivity index (χ1n) is 4.92. The molecule has 0 rings (SSSR count). The predicted molar refractivity (Wildman–Crippen MR) is 56.9 cm³/mol. The van der Waals surface area contributed by atoms with Crippen LogP contribution in [-0.2, 0) is 0 Å². The smallest absolute Gasteiger partial charge is 0.0199 e. The highest BCUT2D eigenvalue weighted by molar-refractivity contribution is 4.91. The van der Waals surface area contributed by atoms with Crippen molar-refractivity contribution in [2.45, 2.75) is 39.0 Å². The lowest BCUT2D eigenvalue weighted by Gasteiger charge is -2.04. The minimum atomic E-state index is 0.611. The average molecular weight is 165 g/mol. The molecule has 0 nitrogen and oxygen atoms in total. The van der Waals surface area contributed by atoms with Crippen molar-refractivity contribution in [3.05, 3.63) is 31.7 Å². The van der Waals surface area contributed by atoms with Crippen LogP contribution in [0.5, 0.6) is 0 Å². The monoisotopic (exact) mass is 165 g/mol. The van der Waals surface area contributed by atoms with Gasteiger partial charge in [0, 0.05) is 0 Å². The molecule has 1 atom stereocenters. The van der Waals surface area contributed by atoms with E-state index >= 15 is 0 Å². The molecule has 0 saturated heterocycles. The van der Waals surface area contributed by atoms with E-state index in [4.69, 9.17) is 0 Å². The molecule has 1 unspecified atom stereocenters. The topological polar surface area (TPSA) is 0 Å². The van der Waals surface area contributed by atoms with Crippen LogP contribution in [-0.4, -0.2) is 0 Å². The standard InChI is InChI=1S/C12H21/c1-4-7-8-9-11-12(6-3)10-5-2/h5,9,11-12H,2-4,6-8,10H2,1H3. The summed E-state index contributed by atoms with van der Waals surface area (Å²) in [5.74, 6) is 0.611. The summed E-state index contributed by atoms with van der Waals surface area (Å²) in [6, 6.07) is 0. The SMILES string of the molecule is [CH2]CC(C=CCCCC)CC=C. The minimum absolute atomic E-state index is 0.611. The third-order valence-corrected chi connectivity index (χ3v) is 1.97. The first-order valence-corrected chi connectivity index (χ1v) is 4.92. The molecule has 0 aromatic rings. The molecule has 0 amide bonds. The zero-order valence-electron chi connectivity index (χ0n) is 8.26. The summed E-state index contributed by atoms with van der Waals surface area (Å²) in [6.07, 6.45) is 12.4. The van der Waals surface area contributed by atoms with E-state index in [2.05, 4.69) is 32.6 Å². The zero-order valence-corrected chi connectivity index (χ0v) is 8.26. The van der Waals surface area contributed by atoms with E-state index in [1.807, 2.05) is 6.08 Å². The van der Waals surface area contributed by atoms with Crippen LogP contribution in [0.15, 0.2) is 24.8 Å². The molecule has 0 heterocycles. The Morgan fingerprint density at radius 1 is 1.42 bits per heavy atom. The second-order valence-corrected chi connectivity index (χ2v) is 3.14. The van der Waals surface area contributed by atoms with Crippen LogP contribution >= 0.6 is 0 Å². The summed E-state index contributed by atoms with van der Waals surface area (Å²) in [6.45, 7) is 9.85. The summed E-state index contributed by atoms with van der Waals surface area (Å²) >= 11 is 0. The molecule has 0 N–H and O–H groups in total. The molecule has 69 valence electrons. The van der Waals surface area contributed by atoms with Crippen molar-refractivity contribution in [3.8, 4) is 0 Å². The Kier molecular flexibility index (Phi) is 8.20. The molecule has 12 heavy (non-hydrogen) atoms. The van der Waals surface area contributed by atoms with Gasteiger partial charge in [0.2, 0.25) is 0 Å². The molecule has 0 aromatic heterocycles. The molecule has 0 fully saturated rings. The van der Waals surface area contributed by atoms with E-state index in [0.717, 1.165) is 12.8 Å². The van der Waals surface area contributed by atoms with Gasteiger partial charge < -0.3 is 0 Å². The van der Waals surface area contributed by atoms with Crippen molar-refractivity contribution in [1.82, 2.24) is 0 Å². The Morgan fingerprint density at radius 2 is 2.17 bits per heavy atom. The fourth-order valence-electron chi connectivity index (χ4n) is 1.12. The second-order valence-electron chi connectivity index (χ2n) is 3.14. The van der Waals surface area contributed by atoms with Gasteiger partial charge in [-0.1, -0.05) is 44.9 Å². The Hall–Kier alpha value is -0.520. The van der Waals surface area contributed by atoms with Gasteiger partial charge in [-0.2, -0.15) is 0 Å². The van der Waals surface area contributed by atoms with Crippen molar-refractivity contribution in [1.29, 1.82) is 0 Å². The third-order valence-electron chi connectivity index (χ3n) is 1.97. The average Bonchev–Trinajstić information content (AvgIpc) is 2.10. The van der Waals surface area contributed by atoms with Gasteiger partial charge in [-0.05, 0) is 25.2 Å². The Labute approximate surface area is 77.4 Å². The van der Waals surface area contributed by atoms with Gasteiger partial charge in [0.25, 0.3) is 0 Å². The molecule has 0 aliphatic carbocycles. The number of rotatable bonds is 7. The van der Waals surface area contributed by atoms with Gasteiger partial charge in [0.05, 0.1) is 0 Å². The van der Waals surface area contributed by atoms with Crippen LogP contribution in [0.3, 0.4) is 0 Å². The van der Waals surface area contributed by atoms with E-state index in [0.29, 0.717) is 5.92 Å². The van der Waals surface area contributed by atoms with E-state index in [9.17, 15) is 0 Å². The number of unbranched alkanes of at least 4 members (excludes halogenated alkanes) is 2. The van der Waals surface area contributed by atoms with Crippen LogP contribution in [0.2, 0.25) is 0 Å². The second kappa shape index (κ2) is 8.58. The molecule has 0 saturated carbocycles. The van der Waals surface area contributed by atoms with Crippen molar-refractivity contribution in [2.75, 3.05) is 0 Å². The van der Waals surface area contributed by atoms with E-state index in [-0.39, 0.29) is 0 Å². The summed E-state index contributed by atoms with van der Waals surface area (Å²) in [7, 11) is 0. The van der Waals surface area contributed by atoms with Crippen molar-refractivity contribution in [3.63, 3.8) is 0 Å². The van der Waals surface area contributed by atoms with Gasteiger partial charge >= 0.3 is 0 Å². The normalized spacial score (nSPS) is 13.5. The van der Waals surface area contributed by atoms with Crippen molar-refractivity contribution >= 4 is 0 Å². The summed E-state index contributed by atoms with van der Waals surface area (Å²) in [5.41, 5.74) is 0. The molecule has 0 bridgehead atoms. The van der Waals surface area contributed by atoms with Crippen molar-refractivity contribution in [2.24, 2.45) is 5.92 Å². The largest absolute Gasteiger partial charge is 0.103 e. The van der Waals surface area contributed by atoms with Crippen LogP contribution < -0.4 is 0 Å². The first-order chi connectivity index (χ1) is 5.85. The highest BCUT2D eigenvalue weighted by Gasteiger charge is 1.96. The maximum Gasteiger partial charge on any atom is -0.0199 e. The number of hydrogen-bond acceptors (Lipinski definition) is 0. The number of hydrogen-bond donors (Lipinski definition) is 0. The third kappa shape index (κ3) is 6.21. The predicted octanol–water partition coefficient (Wildman–Crippen LogP) is 4.15. The maximum atomic E-state index is 3.90. The fourth-order valence-corrected chi connectivity index (χ4v) is 1.12. The summed E-state index contributed by atoms with van der Waals surface area (Å²) < 4.78 is 0. The van der Waals surface area contributed by atoms with Gasteiger partial charge in [0.15, 0.2) is 0 Å². The van der Waals surface area contributed by atoms with Crippen LogP contribution in [0.1, 0.15) is 39.0 Å². The van der Waals surface area contributed by atoms with Crippen molar-refractivity contribution < 1.29 is 0 Å². The zero-order chi connectivity index (χ0) is 9.23. The summed E-state index contributed by atoms with van der Waals surface area (Å²) in [5, 5.41) is 0. The molecule has 0 aliphatic heterocycles. The lowest BCUT2D eigenvalue weighted by molar-refractivity contribution is 0.668. The number of allylic oxidation sites excluding steroid dienone is 3. The molecule has 0 aliphatic rings. The first kappa shape index (κ1) is 11.5. The van der Waals surface area contributed by atoms with Crippen LogP contribution in [0.4, 0.5) is 0 Å². The molecular formula is C12H21. The molecular weight excluding hydrogens is 144 g/mol. The van der Waals surface area contributed by atoms with E-state index in [1.54, 1.807) is 0 Å². The molecule has 0 aromatic carbocycles. The lowest BCUT2D eigenvalue weighted by Crippen LogP contribution is -1.91. The molecule has 1 radical (unpaired) electrons. The van der Waals surface area contributed by atoms with E-state index < -0.39 is 0 Å². The molecule has 0 heteroatoms. The highest BCUT2D eigenvalue weighted by atomic mass is 14.0. The Bertz CT molecular complexity index is 122. The Balaban J connectivity index is 3.53. The van der Waals surface area contributed by atoms with E-state index in [1.165, 1.54) is 19.3 Å². The highest BCUT2D eigenvalue weighted by Crippen LogP contribution is 2.10. The maximum absolute atomic E-state index is 3.90. The minimum Gasteiger partial charge on any atom is -0.103 e. The molecule has 0 spiro atoms. The Morgan fingerprint density at radius 3 is 2.67 bits per heavy atom. The fraction of sp³-hybridized carbons (Fsp3) is 0.583. The van der Waals surface area contributed by atoms with Crippen LogP contribution in [0, 0.1) is 12.8 Å².